The van der Waals surface area contributed by atoms with Crippen LogP contribution in [0.1, 0.15) is 36.3 Å². The van der Waals surface area contributed by atoms with Gasteiger partial charge in [0.25, 0.3) is 0 Å². The summed E-state index contributed by atoms with van der Waals surface area (Å²) in [5, 5.41) is 9.79. The quantitative estimate of drug-likeness (QED) is 0.778. The fourth-order valence-electron chi connectivity index (χ4n) is 4.10. The van der Waals surface area contributed by atoms with E-state index in [0.717, 1.165) is 53.2 Å². The fourth-order valence-corrected chi connectivity index (χ4v) is 4.10. The maximum Gasteiger partial charge on any atom is 0.205 e. The maximum atomic E-state index is 9.79. The second-order valence-corrected chi connectivity index (χ2v) is 7.34. The first-order valence-corrected chi connectivity index (χ1v) is 9.94. The number of hydrogen-bond donors (Lipinski definition) is 1. The summed E-state index contributed by atoms with van der Waals surface area (Å²) in [6.07, 6.45) is 4.79. The highest BCUT2D eigenvalue weighted by atomic mass is 16.5. The number of rotatable bonds is 4. The van der Waals surface area contributed by atoms with Gasteiger partial charge in [-0.3, -0.25) is 0 Å². The van der Waals surface area contributed by atoms with E-state index >= 15 is 0 Å². The van der Waals surface area contributed by atoms with Crippen molar-refractivity contribution in [3.05, 3.63) is 88.5 Å². The predicted octanol–water partition coefficient (Wildman–Crippen LogP) is 5.03. The zero-order valence-corrected chi connectivity index (χ0v) is 17.1. The largest absolute Gasteiger partial charge is 0.497 e. The molecule has 0 fully saturated rings. The van der Waals surface area contributed by atoms with Crippen LogP contribution < -0.4 is 15.2 Å². The first kappa shape index (κ1) is 19.7. The van der Waals surface area contributed by atoms with E-state index in [0.29, 0.717) is 5.57 Å². The number of hydrogen-bond acceptors (Lipinski definition) is 5. The molecule has 2 N–H and O–H groups in total. The van der Waals surface area contributed by atoms with E-state index in [2.05, 4.69) is 24.3 Å². The van der Waals surface area contributed by atoms with Gasteiger partial charge in [0.2, 0.25) is 5.88 Å². The molecule has 1 aliphatic carbocycles. The zero-order valence-electron chi connectivity index (χ0n) is 17.1. The van der Waals surface area contributed by atoms with Crippen LogP contribution >= 0.6 is 0 Å². The van der Waals surface area contributed by atoms with Crippen molar-refractivity contribution < 1.29 is 14.2 Å². The molecule has 0 saturated heterocycles. The summed E-state index contributed by atoms with van der Waals surface area (Å²) in [7, 11) is 3.30. The molecule has 0 bridgehead atoms. The Labute approximate surface area is 176 Å². The smallest absolute Gasteiger partial charge is 0.205 e. The first-order chi connectivity index (χ1) is 14.6. The van der Waals surface area contributed by atoms with Gasteiger partial charge in [0.05, 0.1) is 14.2 Å². The van der Waals surface area contributed by atoms with Crippen LogP contribution in [0.25, 0.3) is 5.57 Å². The summed E-state index contributed by atoms with van der Waals surface area (Å²) >= 11 is 0. The third kappa shape index (κ3) is 3.65. The molecule has 2 aromatic rings. The molecule has 0 aromatic heterocycles. The van der Waals surface area contributed by atoms with E-state index in [9.17, 15) is 5.26 Å². The van der Waals surface area contributed by atoms with Gasteiger partial charge in [-0.15, -0.1) is 0 Å². The predicted molar refractivity (Wildman–Crippen MR) is 115 cm³/mol. The van der Waals surface area contributed by atoms with Crippen LogP contribution in [0.15, 0.2) is 77.4 Å². The molecule has 4 rings (SSSR count). The van der Waals surface area contributed by atoms with E-state index in [1.807, 2.05) is 36.4 Å². The van der Waals surface area contributed by atoms with E-state index in [4.69, 9.17) is 19.9 Å². The molecule has 1 heterocycles. The lowest BCUT2D eigenvalue weighted by atomic mass is 9.81. The lowest BCUT2D eigenvalue weighted by Crippen LogP contribution is -2.20. The average molecular weight is 400 g/mol. The van der Waals surface area contributed by atoms with Crippen LogP contribution in [0.3, 0.4) is 0 Å². The summed E-state index contributed by atoms with van der Waals surface area (Å²) in [5.74, 6) is 2.31. The molecule has 0 spiro atoms. The molecule has 2 aromatic carbocycles. The second-order valence-electron chi connectivity index (χ2n) is 7.34. The average Bonchev–Trinajstić information content (AvgIpc) is 3.00. The molecular weight excluding hydrogens is 376 g/mol. The standard InChI is InChI=1S/C25H24N2O3/c1-28-19-10-6-16(7-11-19)18-4-3-5-21-23(14-18)30-25(27)22(15-26)24(21)17-8-12-20(29-2)13-9-17/h6-14,24H,3-5,27H2,1-2H3. The molecule has 30 heavy (non-hydrogen) atoms. The van der Waals surface area contributed by atoms with Gasteiger partial charge in [0.1, 0.15) is 28.9 Å². The first-order valence-electron chi connectivity index (χ1n) is 9.94. The number of nitriles is 1. The second kappa shape index (κ2) is 8.38. The van der Waals surface area contributed by atoms with Crippen molar-refractivity contribution in [2.45, 2.75) is 25.2 Å². The van der Waals surface area contributed by atoms with Gasteiger partial charge in [0, 0.05) is 5.92 Å². The van der Waals surface area contributed by atoms with Crippen molar-refractivity contribution in [1.29, 1.82) is 5.26 Å². The molecule has 0 amide bonds. The SMILES string of the molecule is COc1ccc(C2=CC3=C(CCC2)C(c2ccc(OC)cc2)C(C#N)=C(N)O3)cc1. The molecular formula is C25H24N2O3. The van der Waals surface area contributed by atoms with E-state index in [1.165, 1.54) is 5.57 Å². The minimum Gasteiger partial charge on any atom is -0.497 e. The Bertz CT molecular complexity index is 1070. The van der Waals surface area contributed by atoms with Crippen molar-refractivity contribution in [1.82, 2.24) is 0 Å². The molecule has 0 radical (unpaired) electrons. The summed E-state index contributed by atoms with van der Waals surface area (Å²) < 4.78 is 16.5. The normalized spacial score (nSPS) is 18.6. The Hall–Kier alpha value is -3.65. The Morgan fingerprint density at radius 3 is 2.20 bits per heavy atom. The van der Waals surface area contributed by atoms with E-state index < -0.39 is 0 Å². The van der Waals surface area contributed by atoms with Gasteiger partial charge in [0.15, 0.2) is 0 Å². The van der Waals surface area contributed by atoms with Gasteiger partial charge < -0.3 is 19.9 Å². The van der Waals surface area contributed by atoms with Crippen molar-refractivity contribution in [2.24, 2.45) is 5.73 Å². The van der Waals surface area contributed by atoms with Crippen LogP contribution in [-0.2, 0) is 4.74 Å². The van der Waals surface area contributed by atoms with Crippen LogP contribution in [0.2, 0.25) is 0 Å². The van der Waals surface area contributed by atoms with E-state index in [1.54, 1.807) is 14.2 Å². The maximum absolute atomic E-state index is 9.79. The fraction of sp³-hybridized carbons (Fsp3) is 0.240. The van der Waals surface area contributed by atoms with Crippen molar-refractivity contribution >= 4 is 5.57 Å². The minimum atomic E-state index is -0.212. The van der Waals surface area contributed by atoms with Crippen molar-refractivity contribution in [2.75, 3.05) is 14.2 Å². The van der Waals surface area contributed by atoms with Gasteiger partial charge in [-0.25, -0.2) is 0 Å². The molecule has 2 aliphatic rings. The highest BCUT2D eigenvalue weighted by Crippen LogP contribution is 2.44. The Kier molecular flexibility index (Phi) is 5.49. The monoisotopic (exact) mass is 400 g/mol. The summed E-state index contributed by atoms with van der Waals surface area (Å²) in [4.78, 5) is 0. The number of ether oxygens (including phenoxy) is 3. The van der Waals surface area contributed by atoms with Crippen molar-refractivity contribution in [3.63, 3.8) is 0 Å². The van der Waals surface area contributed by atoms with Crippen LogP contribution in [0, 0.1) is 11.3 Å². The number of benzene rings is 2. The number of methoxy groups -OCH3 is 2. The van der Waals surface area contributed by atoms with E-state index in [-0.39, 0.29) is 11.8 Å². The van der Waals surface area contributed by atoms with Crippen molar-refractivity contribution in [3.8, 4) is 17.6 Å². The van der Waals surface area contributed by atoms with Gasteiger partial charge >= 0.3 is 0 Å². The molecule has 5 nitrogen and oxygen atoms in total. The third-order valence-electron chi connectivity index (χ3n) is 5.67. The zero-order chi connectivity index (χ0) is 21.1. The molecule has 1 unspecified atom stereocenters. The highest BCUT2D eigenvalue weighted by molar-refractivity contribution is 5.70. The lowest BCUT2D eigenvalue weighted by Gasteiger charge is -2.28. The molecule has 1 atom stereocenters. The Morgan fingerprint density at radius 1 is 0.967 bits per heavy atom. The highest BCUT2D eigenvalue weighted by Gasteiger charge is 2.33. The van der Waals surface area contributed by atoms with Gasteiger partial charge in [-0.1, -0.05) is 24.3 Å². The Morgan fingerprint density at radius 2 is 1.60 bits per heavy atom. The number of nitrogens with zero attached hydrogens (tertiary/aromatic N) is 1. The van der Waals surface area contributed by atoms with Crippen LogP contribution in [-0.4, -0.2) is 14.2 Å². The molecule has 1 aliphatic heterocycles. The summed E-state index contributed by atoms with van der Waals surface area (Å²) in [6.45, 7) is 0. The van der Waals surface area contributed by atoms with Gasteiger partial charge in [-0.05, 0) is 71.9 Å². The summed E-state index contributed by atoms with van der Waals surface area (Å²) in [5.41, 5.74) is 11.1. The molecule has 152 valence electrons. The topological polar surface area (TPSA) is 77.5 Å². The summed E-state index contributed by atoms with van der Waals surface area (Å²) in [6, 6.07) is 18.1. The minimum absolute atomic E-state index is 0.171. The number of allylic oxidation sites excluding steroid dienone is 4. The van der Waals surface area contributed by atoms with Crippen LogP contribution in [0.5, 0.6) is 11.5 Å². The number of nitrogens with two attached hydrogens (primary N) is 1. The van der Waals surface area contributed by atoms with Crippen LogP contribution in [0.4, 0.5) is 0 Å². The lowest BCUT2D eigenvalue weighted by molar-refractivity contribution is 0.291. The van der Waals surface area contributed by atoms with Gasteiger partial charge in [-0.2, -0.15) is 5.26 Å². The third-order valence-corrected chi connectivity index (χ3v) is 5.67. The molecule has 5 heteroatoms. The molecule has 0 saturated carbocycles. The Balaban J connectivity index is 1.77.